The monoisotopic (exact) mass is 166 g/mol. The minimum atomic E-state index is 0.455. The minimum Gasteiger partial charge on any atom is -0.328 e. The van der Waals surface area contributed by atoms with E-state index in [1.807, 2.05) is 0 Å². The SMILES string of the molecule is NC1CCC(NC2CC=CC2)C1. The number of hydrogen-bond acceptors (Lipinski definition) is 2. The third kappa shape index (κ3) is 1.87. The van der Waals surface area contributed by atoms with Crippen LogP contribution in [-0.4, -0.2) is 18.1 Å². The maximum absolute atomic E-state index is 5.84. The van der Waals surface area contributed by atoms with Crippen molar-refractivity contribution < 1.29 is 0 Å². The smallest absolute Gasteiger partial charge is 0.0139 e. The molecule has 0 bridgehead atoms. The van der Waals surface area contributed by atoms with Crippen LogP contribution in [0.1, 0.15) is 32.1 Å². The molecule has 0 aromatic carbocycles. The van der Waals surface area contributed by atoms with Crippen molar-refractivity contribution in [2.45, 2.75) is 50.2 Å². The van der Waals surface area contributed by atoms with Gasteiger partial charge in [-0.15, -0.1) is 0 Å². The van der Waals surface area contributed by atoms with E-state index in [0.717, 1.165) is 0 Å². The molecule has 2 rings (SSSR count). The lowest BCUT2D eigenvalue weighted by molar-refractivity contribution is 0.439. The molecule has 0 spiro atoms. The summed E-state index contributed by atoms with van der Waals surface area (Å²) in [5.74, 6) is 0. The van der Waals surface area contributed by atoms with Crippen molar-refractivity contribution in [1.29, 1.82) is 0 Å². The first-order valence-electron chi connectivity index (χ1n) is 5.01. The van der Waals surface area contributed by atoms with E-state index in [9.17, 15) is 0 Å². The van der Waals surface area contributed by atoms with Crippen molar-refractivity contribution in [3.8, 4) is 0 Å². The lowest BCUT2D eigenvalue weighted by Gasteiger charge is -2.18. The van der Waals surface area contributed by atoms with Crippen LogP contribution in [0.2, 0.25) is 0 Å². The van der Waals surface area contributed by atoms with Gasteiger partial charge in [-0.3, -0.25) is 0 Å². The predicted molar refractivity (Wildman–Crippen MR) is 50.9 cm³/mol. The highest BCUT2D eigenvalue weighted by molar-refractivity contribution is 4.99. The Bertz CT molecular complexity index is 169. The Balaban J connectivity index is 1.73. The first kappa shape index (κ1) is 8.27. The Morgan fingerprint density at radius 2 is 1.83 bits per heavy atom. The van der Waals surface area contributed by atoms with Gasteiger partial charge in [0.1, 0.15) is 0 Å². The lowest BCUT2D eigenvalue weighted by atomic mass is 10.1. The molecular formula is C10H18N2. The molecule has 2 aliphatic rings. The molecule has 0 aromatic rings. The zero-order valence-electron chi connectivity index (χ0n) is 7.50. The van der Waals surface area contributed by atoms with Crippen molar-refractivity contribution in [2.24, 2.45) is 5.73 Å². The van der Waals surface area contributed by atoms with Crippen LogP contribution in [0.5, 0.6) is 0 Å². The summed E-state index contributed by atoms with van der Waals surface area (Å²) in [6, 6.07) is 1.86. The van der Waals surface area contributed by atoms with Gasteiger partial charge < -0.3 is 11.1 Å². The molecule has 0 aliphatic heterocycles. The largest absolute Gasteiger partial charge is 0.328 e. The molecule has 68 valence electrons. The Labute approximate surface area is 74.2 Å². The summed E-state index contributed by atoms with van der Waals surface area (Å²) >= 11 is 0. The van der Waals surface area contributed by atoms with Gasteiger partial charge in [0.15, 0.2) is 0 Å². The van der Waals surface area contributed by atoms with Crippen LogP contribution < -0.4 is 11.1 Å². The van der Waals surface area contributed by atoms with Gasteiger partial charge in [-0.1, -0.05) is 12.2 Å². The Hall–Kier alpha value is -0.340. The fourth-order valence-electron chi connectivity index (χ4n) is 2.25. The van der Waals surface area contributed by atoms with Gasteiger partial charge in [0.05, 0.1) is 0 Å². The first-order valence-corrected chi connectivity index (χ1v) is 5.01. The van der Waals surface area contributed by atoms with Gasteiger partial charge in [-0.2, -0.15) is 0 Å². The maximum atomic E-state index is 5.84. The van der Waals surface area contributed by atoms with E-state index in [2.05, 4.69) is 17.5 Å². The molecule has 0 saturated heterocycles. The highest BCUT2D eigenvalue weighted by Gasteiger charge is 2.23. The number of hydrogen-bond donors (Lipinski definition) is 2. The van der Waals surface area contributed by atoms with Gasteiger partial charge >= 0.3 is 0 Å². The highest BCUT2D eigenvalue weighted by Crippen LogP contribution is 2.20. The number of nitrogens with one attached hydrogen (secondary N) is 1. The summed E-state index contributed by atoms with van der Waals surface area (Å²) in [5, 5.41) is 3.67. The molecular weight excluding hydrogens is 148 g/mol. The van der Waals surface area contributed by atoms with Gasteiger partial charge in [0.2, 0.25) is 0 Å². The Morgan fingerprint density at radius 3 is 2.42 bits per heavy atom. The molecule has 1 fully saturated rings. The van der Waals surface area contributed by atoms with Crippen molar-refractivity contribution in [1.82, 2.24) is 5.32 Å². The summed E-state index contributed by atoms with van der Waals surface area (Å²) in [5.41, 5.74) is 5.84. The topological polar surface area (TPSA) is 38.0 Å². The van der Waals surface area contributed by atoms with Gasteiger partial charge in [-0.25, -0.2) is 0 Å². The zero-order chi connectivity index (χ0) is 8.39. The van der Waals surface area contributed by atoms with Crippen LogP contribution in [0.25, 0.3) is 0 Å². The van der Waals surface area contributed by atoms with E-state index in [4.69, 9.17) is 5.73 Å². The molecule has 2 aliphatic carbocycles. The molecule has 3 N–H and O–H groups in total. The Morgan fingerprint density at radius 1 is 1.08 bits per heavy atom. The second-order valence-corrected chi connectivity index (χ2v) is 4.08. The zero-order valence-corrected chi connectivity index (χ0v) is 7.50. The van der Waals surface area contributed by atoms with Crippen molar-refractivity contribution in [2.75, 3.05) is 0 Å². The Kier molecular flexibility index (Phi) is 2.47. The van der Waals surface area contributed by atoms with Gasteiger partial charge in [0.25, 0.3) is 0 Å². The molecule has 2 atom stereocenters. The molecule has 1 saturated carbocycles. The summed E-state index contributed by atoms with van der Waals surface area (Å²) in [4.78, 5) is 0. The molecule has 0 amide bonds. The van der Waals surface area contributed by atoms with E-state index < -0.39 is 0 Å². The quantitative estimate of drug-likeness (QED) is 0.604. The van der Waals surface area contributed by atoms with E-state index in [1.165, 1.54) is 32.1 Å². The normalized spacial score (nSPS) is 36.4. The second kappa shape index (κ2) is 3.58. The van der Waals surface area contributed by atoms with Crippen molar-refractivity contribution >= 4 is 0 Å². The van der Waals surface area contributed by atoms with Crippen molar-refractivity contribution in [3.05, 3.63) is 12.2 Å². The second-order valence-electron chi connectivity index (χ2n) is 4.08. The first-order chi connectivity index (χ1) is 5.84. The number of rotatable bonds is 2. The summed E-state index contributed by atoms with van der Waals surface area (Å²) in [6.45, 7) is 0. The average molecular weight is 166 g/mol. The van der Waals surface area contributed by atoms with Crippen LogP contribution in [0, 0.1) is 0 Å². The third-order valence-electron chi connectivity index (χ3n) is 2.95. The molecule has 0 radical (unpaired) electrons. The molecule has 2 nitrogen and oxygen atoms in total. The molecule has 0 heterocycles. The predicted octanol–water partition coefficient (Wildman–Crippen LogP) is 1.17. The third-order valence-corrected chi connectivity index (χ3v) is 2.95. The van der Waals surface area contributed by atoms with E-state index >= 15 is 0 Å². The van der Waals surface area contributed by atoms with E-state index in [-0.39, 0.29) is 0 Å². The minimum absolute atomic E-state index is 0.455. The fraction of sp³-hybridized carbons (Fsp3) is 0.800. The van der Waals surface area contributed by atoms with Crippen LogP contribution in [0.4, 0.5) is 0 Å². The summed E-state index contributed by atoms with van der Waals surface area (Å²) in [6.07, 6.45) is 10.6. The summed E-state index contributed by atoms with van der Waals surface area (Å²) in [7, 11) is 0. The number of nitrogens with two attached hydrogens (primary N) is 1. The van der Waals surface area contributed by atoms with E-state index in [0.29, 0.717) is 18.1 Å². The molecule has 0 aromatic heterocycles. The standard InChI is InChI=1S/C10H18N2/c11-8-5-6-10(7-8)12-9-3-1-2-4-9/h1-2,8-10,12H,3-7,11H2. The van der Waals surface area contributed by atoms with Crippen LogP contribution in [0.3, 0.4) is 0 Å². The average Bonchev–Trinajstić information content (AvgIpc) is 2.63. The van der Waals surface area contributed by atoms with Gasteiger partial charge in [-0.05, 0) is 32.1 Å². The van der Waals surface area contributed by atoms with Crippen molar-refractivity contribution in [3.63, 3.8) is 0 Å². The summed E-state index contributed by atoms with van der Waals surface area (Å²) < 4.78 is 0. The lowest BCUT2D eigenvalue weighted by Crippen LogP contribution is -2.36. The van der Waals surface area contributed by atoms with E-state index in [1.54, 1.807) is 0 Å². The fourth-order valence-corrected chi connectivity index (χ4v) is 2.25. The van der Waals surface area contributed by atoms with Crippen LogP contribution in [-0.2, 0) is 0 Å². The molecule has 2 heteroatoms. The van der Waals surface area contributed by atoms with Crippen LogP contribution in [0.15, 0.2) is 12.2 Å². The van der Waals surface area contributed by atoms with Crippen LogP contribution >= 0.6 is 0 Å². The van der Waals surface area contributed by atoms with Gasteiger partial charge in [0, 0.05) is 18.1 Å². The maximum Gasteiger partial charge on any atom is 0.0139 e. The highest BCUT2D eigenvalue weighted by atomic mass is 15.0. The molecule has 2 unspecified atom stereocenters. The molecule has 12 heavy (non-hydrogen) atoms.